The van der Waals surface area contributed by atoms with E-state index in [9.17, 15) is 25.0 Å². The van der Waals surface area contributed by atoms with Gasteiger partial charge in [0, 0.05) is 25.2 Å². The standard InChI is InChI=1S/C21H18N4O5S/c1-23-19(26)17(12-22)21-24(14-6-4-8-16(11-14)30-2)20(27)18(31-21)10-13-5-3-7-15(9-13)25(28)29/h3-9,11,18H,10H2,1-2H3,(H,23,26)/b21-17-/t18-/m1/s1. The van der Waals surface area contributed by atoms with Crippen molar-refractivity contribution in [3.05, 3.63) is 74.8 Å². The molecule has 9 nitrogen and oxygen atoms in total. The van der Waals surface area contributed by atoms with Crippen molar-refractivity contribution in [1.29, 1.82) is 5.26 Å². The van der Waals surface area contributed by atoms with Crippen molar-refractivity contribution < 1.29 is 19.2 Å². The number of nitrogens with zero attached hydrogens (tertiary/aromatic N) is 3. The first kappa shape index (κ1) is 21.9. The maximum absolute atomic E-state index is 13.3. The van der Waals surface area contributed by atoms with Crippen molar-refractivity contribution in [1.82, 2.24) is 5.32 Å². The molecule has 1 saturated heterocycles. The molecule has 2 aromatic carbocycles. The molecule has 158 valence electrons. The minimum Gasteiger partial charge on any atom is -0.497 e. The highest BCUT2D eigenvalue weighted by Gasteiger charge is 2.41. The lowest BCUT2D eigenvalue weighted by atomic mass is 10.1. The van der Waals surface area contributed by atoms with Crippen molar-refractivity contribution in [3.63, 3.8) is 0 Å². The Morgan fingerprint density at radius 1 is 1.32 bits per heavy atom. The van der Waals surface area contributed by atoms with Crippen LogP contribution in [0.4, 0.5) is 11.4 Å². The maximum atomic E-state index is 13.3. The predicted molar refractivity (Wildman–Crippen MR) is 115 cm³/mol. The Kier molecular flexibility index (Phi) is 6.57. The lowest BCUT2D eigenvalue weighted by Crippen LogP contribution is -2.31. The molecule has 1 aliphatic heterocycles. The summed E-state index contributed by atoms with van der Waals surface area (Å²) in [5.74, 6) is -0.437. The number of carbonyl (C=O) groups excluding carboxylic acids is 2. The smallest absolute Gasteiger partial charge is 0.269 e. The minimum absolute atomic E-state index is 0.0727. The summed E-state index contributed by atoms with van der Waals surface area (Å²) < 4.78 is 5.23. The first-order valence-corrected chi connectivity index (χ1v) is 10.0. The molecule has 0 saturated carbocycles. The summed E-state index contributed by atoms with van der Waals surface area (Å²) in [7, 11) is 2.89. The van der Waals surface area contributed by atoms with Gasteiger partial charge in [-0.25, -0.2) is 0 Å². The van der Waals surface area contributed by atoms with Crippen LogP contribution < -0.4 is 15.0 Å². The van der Waals surface area contributed by atoms with E-state index in [-0.39, 0.29) is 28.6 Å². The lowest BCUT2D eigenvalue weighted by molar-refractivity contribution is -0.384. The number of rotatable bonds is 6. The van der Waals surface area contributed by atoms with Crippen LogP contribution in [-0.2, 0) is 16.0 Å². The number of thioether (sulfide) groups is 1. The second kappa shape index (κ2) is 9.32. The van der Waals surface area contributed by atoms with Crippen LogP contribution in [0.25, 0.3) is 0 Å². The molecule has 0 unspecified atom stereocenters. The van der Waals surface area contributed by atoms with Crippen LogP contribution in [0.2, 0.25) is 0 Å². The Balaban J connectivity index is 2.05. The highest BCUT2D eigenvalue weighted by molar-refractivity contribution is 8.05. The molecule has 1 fully saturated rings. The molecule has 2 amide bonds. The van der Waals surface area contributed by atoms with Crippen LogP contribution in [0.5, 0.6) is 5.75 Å². The minimum atomic E-state index is -0.670. The number of nitrogens with one attached hydrogen (secondary N) is 1. The summed E-state index contributed by atoms with van der Waals surface area (Å²) in [6, 6.07) is 14.6. The van der Waals surface area contributed by atoms with E-state index in [1.54, 1.807) is 36.4 Å². The molecule has 3 rings (SSSR count). The van der Waals surface area contributed by atoms with Gasteiger partial charge >= 0.3 is 0 Å². The largest absolute Gasteiger partial charge is 0.497 e. The van der Waals surface area contributed by atoms with E-state index >= 15 is 0 Å². The summed E-state index contributed by atoms with van der Waals surface area (Å²) in [6.45, 7) is 0. The number of hydrogen-bond donors (Lipinski definition) is 1. The Labute approximate surface area is 182 Å². The first-order valence-electron chi connectivity index (χ1n) is 9.14. The average Bonchev–Trinajstić information content (AvgIpc) is 3.09. The van der Waals surface area contributed by atoms with E-state index in [4.69, 9.17) is 4.74 Å². The van der Waals surface area contributed by atoms with Gasteiger partial charge in [-0.15, -0.1) is 0 Å². The highest BCUT2D eigenvalue weighted by Crippen LogP contribution is 2.42. The van der Waals surface area contributed by atoms with Gasteiger partial charge < -0.3 is 10.1 Å². The third-order valence-electron chi connectivity index (χ3n) is 4.59. The van der Waals surface area contributed by atoms with Gasteiger partial charge in [0.2, 0.25) is 5.91 Å². The summed E-state index contributed by atoms with van der Waals surface area (Å²) in [6.07, 6.45) is 0.196. The van der Waals surface area contributed by atoms with Gasteiger partial charge in [-0.2, -0.15) is 5.26 Å². The van der Waals surface area contributed by atoms with Crippen molar-refractivity contribution in [2.45, 2.75) is 11.7 Å². The van der Waals surface area contributed by atoms with Crippen molar-refractivity contribution in [3.8, 4) is 11.8 Å². The Bertz CT molecular complexity index is 1120. The number of non-ortho nitro benzene ring substituents is 1. The van der Waals surface area contributed by atoms with E-state index in [0.717, 1.165) is 11.8 Å². The topological polar surface area (TPSA) is 126 Å². The van der Waals surface area contributed by atoms with Crippen molar-refractivity contribution in [2.24, 2.45) is 0 Å². The van der Waals surface area contributed by atoms with Crippen LogP contribution in [0.15, 0.2) is 59.1 Å². The van der Waals surface area contributed by atoms with Gasteiger partial charge in [-0.1, -0.05) is 30.0 Å². The number of methoxy groups -OCH3 is 1. The number of nitriles is 1. The number of anilines is 1. The molecule has 0 radical (unpaired) electrons. The van der Waals surface area contributed by atoms with E-state index in [1.165, 1.54) is 31.2 Å². The first-order chi connectivity index (χ1) is 14.9. The molecule has 2 aromatic rings. The van der Waals surface area contributed by atoms with Gasteiger partial charge in [0.25, 0.3) is 11.6 Å². The van der Waals surface area contributed by atoms with E-state index in [1.807, 2.05) is 6.07 Å². The van der Waals surface area contributed by atoms with Crippen molar-refractivity contribution >= 4 is 35.0 Å². The number of nitro groups is 1. The molecule has 1 N–H and O–H groups in total. The highest BCUT2D eigenvalue weighted by atomic mass is 32.2. The van der Waals surface area contributed by atoms with E-state index in [2.05, 4.69) is 5.32 Å². The molecule has 1 aliphatic rings. The fourth-order valence-corrected chi connectivity index (χ4v) is 4.42. The van der Waals surface area contributed by atoms with Gasteiger partial charge in [0.15, 0.2) is 0 Å². The molecule has 31 heavy (non-hydrogen) atoms. The van der Waals surface area contributed by atoms with Crippen LogP contribution in [-0.4, -0.2) is 36.1 Å². The quantitative estimate of drug-likeness (QED) is 0.318. The zero-order valence-corrected chi connectivity index (χ0v) is 17.5. The number of likely N-dealkylation sites (N-methyl/N-ethyl adjacent to an activating group) is 1. The molecule has 0 aromatic heterocycles. The predicted octanol–water partition coefficient (Wildman–Crippen LogP) is 2.78. The lowest BCUT2D eigenvalue weighted by Gasteiger charge is -2.19. The van der Waals surface area contributed by atoms with Crippen LogP contribution in [0, 0.1) is 21.4 Å². The molecule has 1 heterocycles. The molecule has 10 heteroatoms. The van der Waals surface area contributed by atoms with Crippen LogP contribution >= 0.6 is 11.8 Å². The second-order valence-corrected chi connectivity index (χ2v) is 7.68. The SMILES string of the molecule is CNC(=O)/C(C#N)=C1\S[C@H](Cc2cccc([N+](=O)[O-])c2)C(=O)N1c1cccc(OC)c1. The van der Waals surface area contributed by atoms with Gasteiger partial charge in [-0.05, 0) is 24.1 Å². The molecular weight excluding hydrogens is 420 g/mol. The zero-order valence-electron chi connectivity index (χ0n) is 16.7. The number of carbonyl (C=O) groups is 2. The third-order valence-corrected chi connectivity index (χ3v) is 5.85. The normalized spacial score (nSPS) is 17.1. The third kappa shape index (κ3) is 4.51. The van der Waals surface area contributed by atoms with Gasteiger partial charge in [0.1, 0.15) is 22.4 Å². The average molecular weight is 438 g/mol. The second-order valence-electron chi connectivity index (χ2n) is 6.48. The Morgan fingerprint density at radius 3 is 2.71 bits per heavy atom. The van der Waals surface area contributed by atoms with Gasteiger partial charge in [-0.3, -0.25) is 24.6 Å². The van der Waals surface area contributed by atoms with Crippen LogP contribution in [0.3, 0.4) is 0 Å². The van der Waals surface area contributed by atoms with Gasteiger partial charge in [0.05, 0.1) is 23.0 Å². The summed E-state index contributed by atoms with van der Waals surface area (Å²) in [5, 5.41) is 22.6. The Morgan fingerprint density at radius 2 is 2.06 bits per heavy atom. The van der Waals surface area contributed by atoms with Crippen molar-refractivity contribution in [2.75, 3.05) is 19.1 Å². The summed E-state index contributed by atoms with van der Waals surface area (Å²) in [5.41, 5.74) is 0.789. The fraction of sp³-hybridized carbons (Fsp3) is 0.190. The number of nitro benzene ring substituents is 1. The molecule has 0 spiro atoms. The maximum Gasteiger partial charge on any atom is 0.269 e. The number of hydrogen-bond acceptors (Lipinski definition) is 7. The number of benzene rings is 2. The Hall–Kier alpha value is -3.84. The van der Waals surface area contributed by atoms with E-state index in [0.29, 0.717) is 17.0 Å². The van der Waals surface area contributed by atoms with E-state index < -0.39 is 16.1 Å². The summed E-state index contributed by atoms with van der Waals surface area (Å²) in [4.78, 5) is 37.5. The molecule has 0 bridgehead atoms. The van der Waals surface area contributed by atoms with Crippen LogP contribution in [0.1, 0.15) is 5.56 Å². The molecule has 1 atom stereocenters. The summed E-state index contributed by atoms with van der Waals surface area (Å²) >= 11 is 1.08. The zero-order chi connectivity index (χ0) is 22.5. The fourth-order valence-electron chi connectivity index (χ4n) is 3.11. The molecule has 0 aliphatic carbocycles. The number of amides is 2. The monoisotopic (exact) mass is 438 g/mol. The number of ether oxygens (including phenoxy) is 1. The molecular formula is C21H18N4O5S.